The molecule has 0 saturated carbocycles. The maximum atomic E-state index is 14.8. The van der Waals surface area contributed by atoms with E-state index in [1.807, 2.05) is 42.2 Å². The van der Waals surface area contributed by atoms with Crippen molar-refractivity contribution in [2.24, 2.45) is 11.8 Å². The van der Waals surface area contributed by atoms with E-state index in [0.29, 0.717) is 78.0 Å². The van der Waals surface area contributed by atoms with Crippen LogP contribution in [0.25, 0.3) is 0 Å². The van der Waals surface area contributed by atoms with Crippen LogP contribution in [0.1, 0.15) is 51.9 Å². The van der Waals surface area contributed by atoms with E-state index in [-0.39, 0.29) is 24.3 Å². The third kappa shape index (κ3) is 6.41. The number of para-hydroxylation sites is 1. The van der Waals surface area contributed by atoms with Gasteiger partial charge in [-0.1, -0.05) is 50.1 Å². The number of ether oxygens (including phenoxy) is 2. The molecule has 4 saturated heterocycles. The molecule has 5 atom stereocenters. The van der Waals surface area contributed by atoms with Gasteiger partial charge in [0.15, 0.2) is 0 Å². The normalized spacial score (nSPS) is 28.7. The number of fused-ring (bicyclic) bond motifs is 1. The van der Waals surface area contributed by atoms with Gasteiger partial charge in [-0.25, -0.2) is 0 Å². The number of rotatable bonds is 17. The summed E-state index contributed by atoms with van der Waals surface area (Å²) in [6.45, 7) is 15.3. The molecule has 1 aromatic carbocycles. The van der Waals surface area contributed by atoms with Gasteiger partial charge in [-0.05, 0) is 44.2 Å². The number of anilines is 1. The fourth-order valence-electron chi connectivity index (χ4n) is 8.30. The minimum Gasteiger partial charge on any atom is -0.396 e. The van der Waals surface area contributed by atoms with Crippen molar-refractivity contribution in [3.63, 3.8) is 0 Å². The number of likely N-dealkylation sites (tertiary alicyclic amines) is 1. The van der Waals surface area contributed by atoms with Crippen LogP contribution in [0.5, 0.6) is 0 Å². The number of carbonyl (C=O) groups excluding carboxylic acids is 3. The van der Waals surface area contributed by atoms with E-state index in [1.54, 1.807) is 22.0 Å². The van der Waals surface area contributed by atoms with Gasteiger partial charge >= 0.3 is 0 Å². The Labute approximate surface area is 274 Å². The van der Waals surface area contributed by atoms with Crippen molar-refractivity contribution in [3.8, 4) is 0 Å². The summed E-state index contributed by atoms with van der Waals surface area (Å²) in [5.41, 5.74) is -1.16. The first-order valence-corrected chi connectivity index (χ1v) is 17.2. The largest absolute Gasteiger partial charge is 0.396 e. The molecule has 0 radical (unpaired) electrons. The number of hydrogen-bond acceptors (Lipinski definition) is 7. The smallest absolute Gasteiger partial charge is 0.248 e. The summed E-state index contributed by atoms with van der Waals surface area (Å²) >= 11 is 0. The first-order chi connectivity index (χ1) is 22.4. The second-order valence-electron chi connectivity index (χ2n) is 13.1. The highest BCUT2D eigenvalue weighted by molar-refractivity contribution is 6.03. The molecule has 10 nitrogen and oxygen atoms in total. The van der Waals surface area contributed by atoms with Gasteiger partial charge in [0.25, 0.3) is 0 Å². The van der Waals surface area contributed by atoms with Crippen LogP contribution >= 0.6 is 0 Å². The molecule has 4 aliphatic heterocycles. The Morgan fingerprint density at radius 2 is 1.72 bits per heavy atom. The van der Waals surface area contributed by atoms with Crippen molar-refractivity contribution in [2.45, 2.75) is 69.1 Å². The first kappa shape index (κ1) is 34.3. The van der Waals surface area contributed by atoms with Crippen LogP contribution < -0.4 is 4.90 Å². The maximum absolute atomic E-state index is 14.8. The zero-order valence-corrected chi connectivity index (χ0v) is 27.5. The van der Waals surface area contributed by atoms with Crippen molar-refractivity contribution in [2.75, 3.05) is 70.5 Å². The van der Waals surface area contributed by atoms with Gasteiger partial charge in [0.2, 0.25) is 17.7 Å². The molecule has 10 heteroatoms. The van der Waals surface area contributed by atoms with Gasteiger partial charge in [0.05, 0.1) is 30.7 Å². The van der Waals surface area contributed by atoms with E-state index in [9.17, 15) is 19.5 Å². The number of unbranched alkanes of at least 4 members (excludes halogenated alkanes) is 3. The first-order valence-electron chi connectivity index (χ1n) is 17.2. The highest BCUT2D eigenvalue weighted by Crippen LogP contribution is 2.64. The SMILES string of the molecule is C=CCN(CCN1CCOCC1)C(=O)C1N(CCCCCCO)C(=O)[C@@H]2[C@@H](C(=O)N(CC=C)c3ccccc3)[C@@]3(CC)CCC12O3. The number of aliphatic hydroxyl groups is 1. The number of nitrogens with zero attached hydrogens (tertiary/aromatic N) is 4. The predicted molar refractivity (Wildman–Crippen MR) is 177 cm³/mol. The number of hydrogen-bond donors (Lipinski definition) is 1. The quantitative estimate of drug-likeness (QED) is 0.207. The van der Waals surface area contributed by atoms with E-state index in [2.05, 4.69) is 18.1 Å². The minimum absolute atomic E-state index is 0.133. The summed E-state index contributed by atoms with van der Waals surface area (Å²) in [6, 6.07) is 8.67. The second kappa shape index (κ2) is 15.2. The second-order valence-corrected chi connectivity index (χ2v) is 13.1. The minimum atomic E-state index is -1.08. The maximum Gasteiger partial charge on any atom is 0.248 e. The molecule has 0 aliphatic carbocycles. The van der Waals surface area contributed by atoms with E-state index >= 15 is 0 Å². The van der Waals surface area contributed by atoms with Crippen molar-refractivity contribution in [1.29, 1.82) is 0 Å². The van der Waals surface area contributed by atoms with Crippen LogP contribution in [-0.4, -0.2) is 120 Å². The van der Waals surface area contributed by atoms with Crippen molar-refractivity contribution in [3.05, 3.63) is 55.6 Å². The van der Waals surface area contributed by atoms with Crippen molar-refractivity contribution >= 4 is 23.4 Å². The molecule has 4 heterocycles. The molecule has 5 rings (SSSR count). The number of benzene rings is 1. The lowest BCUT2D eigenvalue weighted by Gasteiger charge is -2.37. The Hall–Kier alpha value is -3.05. The fourth-order valence-corrected chi connectivity index (χ4v) is 8.30. The van der Waals surface area contributed by atoms with Gasteiger partial charge in [-0.2, -0.15) is 0 Å². The van der Waals surface area contributed by atoms with Crippen LogP contribution in [0.2, 0.25) is 0 Å². The summed E-state index contributed by atoms with van der Waals surface area (Å²) in [4.78, 5) is 51.7. The summed E-state index contributed by atoms with van der Waals surface area (Å²) in [6.07, 6.45) is 8.27. The Morgan fingerprint density at radius 3 is 2.39 bits per heavy atom. The molecule has 4 fully saturated rings. The molecule has 1 spiro atoms. The van der Waals surface area contributed by atoms with Crippen molar-refractivity contribution in [1.82, 2.24) is 14.7 Å². The fraction of sp³-hybridized carbons (Fsp3) is 0.639. The van der Waals surface area contributed by atoms with Gasteiger partial charge in [-0.15, -0.1) is 13.2 Å². The topological polar surface area (TPSA) is 103 Å². The Bertz CT molecular complexity index is 1240. The number of carbonyl (C=O) groups is 3. The summed E-state index contributed by atoms with van der Waals surface area (Å²) in [7, 11) is 0. The Balaban J connectivity index is 1.49. The third-order valence-corrected chi connectivity index (χ3v) is 10.6. The van der Waals surface area contributed by atoms with Gasteiger partial charge in [-0.3, -0.25) is 19.3 Å². The third-order valence-electron chi connectivity index (χ3n) is 10.6. The lowest BCUT2D eigenvalue weighted by atomic mass is 9.64. The summed E-state index contributed by atoms with van der Waals surface area (Å²) in [5.74, 6) is -1.91. The molecule has 3 amide bonds. The zero-order valence-electron chi connectivity index (χ0n) is 27.5. The van der Waals surface area contributed by atoms with E-state index in [4.69, 9.17) is 9.47 Å². The molecule has 0 aromatic heterocycles. The monoisotopic (exact) mass is 636 g/mol. The molecule has 1 N–H and O–H groups in total. The summed E-state index contributed by atoms with van der Waals surface area (Å²) in [5, 5.41) is 9.27. The Kier molecular flexibility index (Phi) is 11.4. The molecular formula is C36H52N4O6. The number of aliphatic hydroxyl groups excluding tert-OH is 1. The van der Waals surface area contributed by atoms with Crippen molar-refractivity contribution < 1.29 is 29.0 Å². The predicted octanol–water partition coefficient (Wildman–Crippen LogP) is 3.26. The lowest BCUT2D eigenvalue weighted by molar-refractivity contribution is -0.152. The van der Waals surface area contributed by atoms with E-state index in [1.165, 1.54) is 0 Å². The number of morpholine rings is 1. The molecule has 4 aliphatic rings. The molecule has 46 heavy (non-hydrogen) atoms. The lowest BCUT2D eigenvalue weighted by Crippen LogP contribution is -2.57. The van der Waals surface area contributed by atoms with Gasteiger partial charge < -0.3 is 29.3 Å². The standard InChI is InChI=1S/C36H52N4O6/c1-4-18-38(22-21-37-23-26-45-27-24-37)34(44)31-36-17-16-35(6-3,46-36)29(30(36)33(43)40(31)20-12-7-8-13-25-41)32(42)39(19-5-2)28-14-10-9-11-15-28/h4-5,9-11,14-15,29-31,41H,1-2,6-8,12-13,16-27H2,3H3/t29-,30-,31?,35+,36?/m0/s1. The van der Waals surface area contributed by atoms with Crippen LogP contribution in [0.4, 0.5) is 5.69 Å². The molecule has 1 aromatic rings. The zero-order chi connectivity index (χ0) is 32.7. The molecule has 252 valence electrons. The van der Waals surface area contributed by atoms with Crippen LogP contribution in [0.15, 0.2) is 55.6 Å². The van der Waals surface area contributed by atoms with Crippen LogP contribution in [-0.2, 0) is 23.9 Å². The van der Waals surface area contributed by atoms with E-state index < -0.39 is 29.1 Å². The highest BCUT2D eigenvalue weighted by atomic mass is 16.5. The van der Waals surface area contributed by atoms with Gasteiger partial charge in [0, 0.05) is 58.1 Å². The Morgan fingerprint density at radius 1 is 1.00 bits per heavy atom. The van der Waals surface area contributed by atoms with E-state index in [0.717, 1.165) is 31.6 Å². The molecular weight excluding hydrogens is 584 g/mol. The van der Waals surface area contributed by atoms with Gasteiger partial charge in [0.1, 0.15) is 11.6 Å². The molecule has 2 unspecified atom stereocenters. The average Bonchev–Trinajstić information content (AvgIpc) is 3.69. The van der Waals surface area contributed by atoms with Crippen LogP contribution in [0.3, 0.4) is 0 Å². The number of amides is 3. The summed E-state index contributed by atoms with van der Waals surface area (Å²) < 4.78 is 12.6. The average molecular weight is 637 g/mol. The highest BCUT2D eigenvalue weighted by Gasteiger charge is 2.79. The van der Waals surface area contributed by atoms with Crippen LogP contribution in [0, 0.1) is 11.8 Å². The molecule has 2 bridgehead atoms.